The number of hydrogen-bond donors (Lipinski definition) is 1. The number of nitrogens with one attached hydrogen (secondary N) is 1. The summed E-state index contributed by atoms with van der Waals surface area (Å²) in [6.07, 6.45) is 4.38. The Morgan fingerprint density at radius 2 is 2.23 bits per heavy atom. The van der Waals surface area contributed by atoms with E-state index in [1.807, 2.05) is 24.3 Å². The van der Waals surface area contributed by atoms with Gasteiger partial charge in [-0.05, 0) is 18.1 Å². The summed E-state index contributed by atoms with van der Waals surface area (Å²) < 4.78 is 7.08. The first-order valence-electron chi connectivity index (χ1n) is 7.42. The van der Waals surface area contributed by atoms with E-state index in [-0.39, 0.29) is 11.8 Å². The number of amides is 1. The van der Waals surface area contributed by atoms with Gasteiger partial charge in [0, 0.05) is 25.4 Å². The summed E-state index contributed by atoms with van der Waals surface area (Å²) in [6.45, 7) is 3.38. The van der Waals surface area contributed by atoms with Crippen molar-refractivity contribution >= 4 is 5.91 Å². The van der Waals surface area contributed by atoms with Crippen LogP contribution in [-0.4, -0.2) is 34.3 Å². The number of carbonyl (C=O) groups excluding carboxylic acids is 1. The van der Waals surface area contributed by atoms with E-state index in [0.717, 1.165) is 17.7 Å². The summed E-state index contributed by atoms with van der Waals surface area (Å²) in [4.78, 5) is 15.7. The van der Waals surface area contributed by atoms with Crippen molar-refractivity contribution in [1.29, 1.82) is 0 Å². The van der Waals surface area contributed by atoms with Crippen LogP contribution >= 0.6 is 0 Å². The van der Waals surface area contributed by atoms with E-state index in [0.29, 0.717) is 19.5 Å². The second kappa shape index (κ2) is 8.17. The van der Waals surface area contributed by atoms with Gasteiger partial charge in [-0.25, -0.2) is 4.98 Å². The Morgan fingerprint density at radius 1 is 1.41 bits per heavy atom. The van der Waals surface area contributed by atoms with Gasteiger partial charge >= 0.3 is 0 Å². The van der Waals surface area contributed by atoms with Crippen LogP contribution in [0.4, 0.5) is 0 Å². The number of nitrogens with zero attached hydrogens (tertiary/aromatic N) is 3. The van der Waals surface area contributed by atoms with Crippen LogP contribution in [0.15, 0.2) is 36.9 Å². The molecule has 1 aromatic carbocycles. The molecular weight excluding hydrogens is 280 g/mol. The first-order chi connectivity index (χ1) is 10.7. The van der Waals surface area contributed by atoms with Crippen LogP contribution in [0.5, 0.6) is 5.75 Å². The van der Waals surface area contributed by atoms with Gasteiger partial charge < -0.3 is 10.1 Å². The highest BCUT2D eigenvalue weighted by Crippen LogP contribution is 2.25. The molecule has 2 aromatic rings. The lowest BCUT2D eigenvalue weighted by Gasteiger charge is -2.16. The SMILES string of the molecule is COc1ccccc1[C@H](C)CNC(=O)CCCn1cncn1. The van der Waals surface area contributed by atoms with Crippen molar-refractivity contribution in [2.45, 2.75) is 32.2 Å². The standard InChI is InChI=1S/C16H22N4O2/c1-13(14-6-3-4-7-15(14)22-2)10-18-16(21)8-5-9-20-12-17-11-19-20/h3-4,6-7,11-13H,5,8-10H2,1-2H3,(H,18,21)/t13-/m1/s1. The quantitative estimate of drug-likeness (QED) is 0.809. The number of para-hydroxylation sites is 1. The van der Waals surface area contributed by atoms with Gasteiger partial charge in [0.2, 0.25) is 5.91 Å². The molecule has 0 aliphatic heterocycles. The van der Waals surface area contributed by atoms with Gasteiger partial charge in [-0.1, -0.05) is 25.1 Å². The molecule has 0 aliphatic carbocycles. The van der Waals surface area contributed by atoms with Crippen molar-refractivity contribution < 1.29 is 9.53 Å². The molecule has 0 spiro atoms. The molecule has 0 saturated carbocycles. The molecule has 6 nitrogen and oxygen atoms in total. The molecule has 0 unspecified atom stereocenters. The first-order valence-corrected chi connectivity index (χ1v) is 7.42. The minimum Gasteiger partial charge on any atom is -0.496 e. The highest BCUT2D eigenvalue weighted by atomic mass is 16.5. The van der Waals surface area contributed by atoms with Crippen LogP contribution in [0.25, 0.3) is 0 Å². The van der Waals surface area contributed by atoms with Crippen LogP contribution in [0.3, 0.4) is 0 Å². The molecule has 0 bridgehead atoms. The van der Waals surface area contributed by atoms with Crippen molar-refractivity contribution in [3.8, 4) is 5.75 Å². The third-order valence-electron chi connectivity index (χ3n) is 3.53. The lowest BCUT2D eigenvalue weighted by Crippen LogP contribution is -2.27. The number of methoxy groups -OCH3 is 1. The molecule has 1 N–H and O–H groups in total. The summed E-state index contributed by atoms with van der Waals surface area (Å²) in [5.74, 6) is 1.12. The summed E-state index contributed by atoms with van der Waals surface area (Å²) >= 11 is 0. The van der Waals surface area contributed by atoms with Gasteiger partial charge in [0.1, 0.15) is 18.4 Å². The first kappa shape index (κ1) is 16.0. The summed E-state index contributed by atoms with van der Waals surface area (Å²) in [5, 5.41) is 6.98. The number of aryl methyl sites for hydroxylation is 1. The smallest absolute Gasteiger partial charge is 0.220 e. The number of carbonyl (C=O) groups is 1. The maximum Gasteiger partial charge on any atom is 0.220 e. The van der Waals surface area contributed by atoms with Gasteiger partial charge in [0.15, 0.2) is 0 Å². The Morgan fingerprint density at radius 3 is 2.95 bits per heavy atom. The highest BCUT2D eigenvalue weighted by molar-refractivity contribution is 5.75. The van der Waals surface area contributed by atoms with Crippen LogP contribution in [-0.2, 0) is 11.3 Å². The monoisotopic (exact) mass is 302 g/mol. The zero-order valence-corrected chi connectivity index (χ0v) is 13.0. The minimum absolute atomic E-state index is 0.0573. The molecule has 22 heavy (non-hydrogen) atoms. The third kappa shape index (κ3) is 4.58. The number of ether oxygens (including phenoxy) is 1. The second-order valence-electron chi connectivity index (χ2n) is 5.21. The van der Waals surface area contributed by atoms with E-state index in [4.69, 9.17) is 4.74 Å². The summed E-state index contributed by atoms with van der Waals surface area (Å²) in [5.41, 5.74) is 1.10. The van der Waals surface area contributed by atoms with Crippen LogP contribution < -0.4 is 10.1 Å². The van der Waals surface area contributed by atoms with Gasteiger partial charge in [-0.2, -0.15) is 5.10 Å². The van der Waals surface area contributed by atoms with E-state index in [1.54, 1.807) is 18.1 Å². The maximum atomic E-state index is 11.9. The average molecular weight is 302 g/mol. The van der Waals surface area contributed by atoms with Gasteiger partial charge in [0.25, 0.3) is 0 Å². The minimum atomic E-state index is 0.0573. The molecule has 1 amide bonds. The second-order valence-corrected chi connectivity index (χ2v) is 5.21. The van der Waals surface area contributed by atoms with E-state index in [9.17, 15) is 4.79 Å². The predicted octanol–water partition coefficient (Wildman–Crippen LogP) is 1.99. The average Bonchev–Trinajstić information content (AvgIpc) is 3.06. The van der Waals surface area contributed by atoms with Crippen molar-refractivity contribution in [2.24, 2.45) is 0 Å². The van der Waals surface area contributed by atoms with E-state index < -0.39 is 0 Å². The van der Waals surface area contributed by atoms with Gasteiger partial charge in [-0.15, -0.1) is 0 Å². The Kier molecular flexibility index (Phi) is 5.94. The Balaban J connectivity index is 1.73. The van der Waals surface area contributed by atoms with Gasteiger partial charge in [0.05, 0.1) is 7.11 Å². The van der Waals surface area contributed by atoms with E-state index >= 15 is 0 Å². The lowest BCUT2D eigenvalue weighted by molar-refractivity contribution is -0.121. The summed E-state index contributed by atoms with van der Waals surface area (Å²) in [7, 11) is 1.66. The molecule has 6 heteroatoms. The predicted molar refractivity (Wildman–Crippen MR) is 83.7 cm³/mol. The van der Waals surface area contributed by atoms with Gasteiger partial charge in [-0.3, -0.25) is 9.48 Å². The van der Waals surface area contributed by atoms with Crippen LogP contribution in [0.2, 0.25) is 0 Å². The fourth-order valence-corrected chi connectivity index (χ4v) is 2.29. The molecule has 0 aliphatic rings. The Labute approximate surface area is 130 Å². The molecule has 1 aromatic heterocycles. The number of rotatable bonds is 8. The maximum absolute atomic E-state index is 11.9. The highest BCUT2D eigenvalue weighted by Gasteiger charge is 2.12. The zero-order chi connectivity index (χ0) is 15.8. The zero-order valence-electron chi connectivity index (χ0n) is 13.0. The molecular formula is C16H22N4O2. The van der Waals surface area contributed by atoms with Crippen LogP contribution in [0.1, 0.15) is 31.2 Å². The summed E-state index contributed by atoms with van der Waals surface area (Å²) in [6, 6.07) is 7.89. The fourth-order valence-electron chi connectivity index (χ4n) is 2.29. The molecule has 1 atom stereocenters. The third-order valence-corrected chi connectivity index (χ3v) is 3.53. The number of hydrogen-bond acceptors (Lipinski definition) is 4. The van der Waals surface area contributed by atoms with E-state index in [1.165, 1.54) is 6.33 Å². The molecule has 0 saturated heterocycles. The largest absolute Gasteiger partial charge is 0.496 e. The molecule has 0 radical (unpaired) electrons. The Hall–Kier alpha value is -2.37. The van der Waals surface area contributed by atoms with Crippen LogP contribution in [0, 0.1) is 0 Å². The fraction of sp³-hybridized carbons (Fsp3) is 0.438. The van der Waals surface area contributed by atoms with E-state index in [2.05, 4.69) is 22.3 Å². The molecule has 118 valence electrons. The topological polar surface area (TPSA) is 69.0 Å². The van der Waals surface area contributed by atoms with Crippen molar-refractivity contribution in [3.05, 3.63) is 42.5 Å². The molecule has 2 rings (SSSR count). The number of benzene rings is 1. The molecule has 1 heterocycles. The van der Waals surface area contributed by atoms with Crippen molar-refractivity contribution in [3.63, 3.8) is 0 Å². The number of aromatic nitrogens is 3. The normalized spacial score (nSPS) is 11.9. The molecule has 0 fully saturated rings. The Bertz CT molecular complexity index is 584. The lowest BCUT2D eigenvalue weighted by atomic mass is 10.00. The van der Waals surface area contributed by atoms with Crippen molar-refractivity contribution in [1.82, 2.24) is 20.1 Å². The van der Waals surface area contributed by atoms with Crippen molar-refractivity contribution in [2.75, 3.05) is 13.7 Å².